The largest absolute Gasteiger partial charge is 0.309 e. The van der Waals surface area contributed by atoms with E-state index in [9.17, 15) is 0 Å². The molecule has 274 valence electrons. The second-order valence-corrected chi connectivity index (χ2v) is 19.1. The highest BCUT2D eigenvalue weighted by Gasteiger charge is 2.34. The van der Waals surface area contributed by atoms with Gasteiger partial charge >= 0.3 is 0 Å². The van der Waals surface area contributed by atoms with E-state index in [4.69, 9.17) is 0 Å². The van der Waals surface area contributed by atoms with E-state index in [1.165, 1.54) is 83.4 Å². The zero-order chi connectivity index (χ0) is 38.2. The number of fused-ring (bicyclic) bond motifs is 9. The van der Waals surface area contributed by atoms with Crippen molar-refractivity contribution in [3.05, 3.63) is 218 Å². The standard InChI is InChI=1S/C54H36N2S2/c1-4-17-37(18-5-1)55-49-28-13-10-25-43(49)46-34-42(31-32-51(46)55)58(39-20-6-2-7-21-39,40-22-8-3-9-23-40)41-24-16-19-38(33-41)56-50-29-14-11-26-44(50)47-35-48-45-27-12-15-30-53(45)57-54(48)36-52(47)56/h1-36H. The highest BCUT2D eigenvalue weighted by Crippen LogP contribution is 2.74. The van der Waals surface area contributed by atoms with Crippen LogP contribution in [0.25, 0.3) is 75.2 Å². The summed E-state index contributed by atoms with van der Waals surface area (Å²) in [6, 6.07) is 81.2. The van der Waals surface area contributed by atoms with Crippen LogP contribution >= 0.6 is 21.4 Å². The van der Waals surface area contributed by atoms with E-state index in [0.29, 0.717) is 0 Å². The van der Waals surface area contributed by atoms with Gasteiger partial charge in [0.15, 0.2) is 0 Å². The summed E-state index contributed by atoms with van der Waals surface area (Å²) in [6.07, 6.45) is 0. The molecular weight excluding hydrogens is 741 g/mol. The Morgan fingerprint density at radius 3 is 1.47 bits per heavy atom. The zero-order valence-electron chi connectivity index (χ0n) is 31.5. The summed E-state index contributed by atoms with van der Waals surface area (Å²) in [7, 11) is -2.02. The van der Waals surface area contributed by atoms with Crippen LogP contribution in [0.15, 0.2) is 238 Å². The molecule has 9 aromatic carbocycles. The Morgan fingerprint density at radius 1 is 0.276 bits per heavy atom. The monoisotopic (exact) mass is 776 g/mol. The summed E-state index contributed by atoms with van der Waals surface area (Å²) in [5.74, 6) is 0. The second-order valence-electron chi connectivity index (χ2n) is 14.9. The van der Waals surface area contributed by atoms with Crippen LogP contribution in [-0.2, 0) is 0 Å². The van der Waals surface area contributed by atoms with E-state index in [1.54, 1.807) is 0 Å². The summed E-state index contributed by atoms with van der Waals surface area (Å²) >= 11 is 1.88. The number of hydrogen-bond donors (Lipinski definition) is 0. The topological polar surface area (TPSA) is 9.86 Å². The van der Waals surface area contributed by atoms with Crippen molar-refractivity contribution in [2.75, 3.05) is 0 Å². The summed E-state index contributed by atoms with van der Waals surface area (Å²) in [4.78, 5) is 5.21. The SMILES string of the molecule is c1ccc(-n2c3ccccc3c3cc(S(c4ccccc4)(c4ccccc4)c4cccc(-n5c6ccccc6c6cc7c(cc65)sc5ccccc57)c4)ccc32)cc1. The van der Waals surface area contributed by atoms with E-state index >= 15 is 0 Å². The van der Waals surface area contributed by atoms with Gasteiger partial charge in [-0.15, -0.1) is 21.4 Å². The molecule has 0 spiro atoms. The van der Waals surface area contributed by atoms with E-state index in [2.05, 4.69) is 228 Å². The van der Waals surface area contributed by atoms with Crippen molar-refractivity contribution >= 4 is 85.1 Å². The van der Waals surface area contributed by atoms with Gasteiger partial charge in [0, 0.05) is 72.7 Å². The maximum absolute atomic E-state index is 2.50. The van der Waals surface area contributed by atoms with Crippen LogP contribution in [0.2, 0.25) is 0 Å². The van der Waals surface area contributed by atoms with Gasteiger partial charge in [0.2, 0.25) is 0 Å². The van der Waals surface area contributed by atoms with Crippen LogP contribution < -0.4 is 0 Å². The third-order valence-electron chi connectivity index (χ3n) is 11.8. The van der Waals surface area contributed by atoms with Crippen molar-refractivity contribution in [2.45, 2.75) is 19.6 Å². The number of rotatable bonds is 6. The lowest BCUT2D eigenvalue weighted by Gasteiger charge is -2.42. The third kappa shape index (κ3) is 4.86. The molecule has 0 aliphatic rings. The number of nitrogens with zero attached hydrogens (tertiary/aromatic N) is 2. The van der Waals surface area contributed by atoms with Gasteiger partial charge in [-0.05, 0) is 103 Å². The number of hydrogen-bond acceptors (Lipinski definition) is 1. The molecule has 3 heterocycles. The first-order valence-electron chi connectivity index (χ1n) is 19.7. The Hall–Kier alpha value is -6.85. The lowest BCUT2D eigenvalue weighted by atomic mass is 10.1. The molecule has 0 amide bonds. The predicted molar refractivity (Wildman–Crippen MR) is 248 cm³/mol. The Bertz CT molecular complexity index is 3470. The van der Waals surface area contributed by atoms with Crippen LogP contribution in [0.5, 0.6) is 0 Å². The van der Waals surface area contributed by atoms with Crippen LogP contribution in [0.4, 0.5) is 0 Å². The Balaban J connectivity index is 1.16. The molecule has 3 aromatic heterocycles. The van der Waals surface area contributed by atoms with Crippen LogP contribution in [-0.4, -0.2) is 9.13 Å². The summed E-state index contributed by atoms with van der Waals surface area (Å²) in [5, 5.41) is 7.71. The highest BCUT2D eigenvalue weighted by molar-refractivity contribution is 8.34. The normalized spacial score (nSPS) is 12.4. The molecule has 0 atom stereocenters. The van der Waals surface area contributed by atoms with E-state index < -0.39 is 10.0 Å². The van der Waals surface area contributed by atoms with Crippen molar-refractivity contribution in [3.63, 3.8) is 0 Å². The summed E-state index contributed by atoms with van der Waals surface area (Å²) in [6.45, 7) is 0. The second kappa shape index (κ2) is 13.1. The van der Waals surface area contributed by atoms with Crippen LogP contribution in [0.3, 0.4) is 0 Å². The minimum Gasteiger partial charge on any atom is -0.309 e. The summed E-state index contributed by atoms with van der Waals surface area (Å²) < 4.78 is 7.54. The molecule has 12 rings (SSSR count). The molecule has 0 aliphatic heterocycles. The minimum atomic E-state index is -2.02. The number of thiophene rings is 1. The molecule has 0 saturated heterocycles. The molecule has 4 heteroatoms. The van der Waals surface area contributed by atoms with Gasteiger partial charge in [-0.1, -0.05) is 115 Å². The maximum Gasteiger partial charge on any atom is 0.0555 e. The third-order valence-corrected chi connectivity index (χ3v) is 16.8. The molecule has 0 unspecified atom stereocenters. The number of aromatic nitrogens is 2. The Morgan fingerprint density at radius 2 is 0.776 bits per heavy atom. The molecule has 0 saturated carbocycles. The summed E-state index contributed by atoms with van der Waals surface area (Å²) in [5.41, 5.74) is 7.19. The maximum atomic E-state index is 2.50. The smallest absolute Gasteiger partial charge is 0.0555 e. The molecular formula is C54H36N2S2. The predicted octanol–water partition coefficient (Wildman–Crippen LogP) is 15.6. The van der Waals surface area contributed by atoms with Gasteiger partial charge in [0.1, 0.15) is 0 Å². The average molecular weight is 777 g/mol. The van der Waals surface area contributed by atoms with Crippen molar-refractivity contribution < 1.29 is 0 Å². The van der Waals surface area contributed by atoms with Crippen LogP contribution in [0, 0.1) is 0 Å². The molecule has 0 N–H and O–H groups in total. The van der Waals surface area contributed by atoms with E-state index in [-0.39, 0.29) is 0 Å². The zero-order valence-corrected chi connectivity index (χ0v) is 33.1. The molecule has 0 aliphatic carbocycles. The first-order valence-corrected chi connectivity index (χ1v) is 22.2. The quantitative estimate of drug-likeness (QED) is 0.159. The van der Waals surface area contributed by atoms with Crippen molar-refractivity contribution in [3.8, 4) is 11.4 Å². The average Bonchev–Trinajstić information content (AvgIpc) is 3.94. The fourth-order valence-corrected chi connectivity index (χ4v) is 14.4. The molecule has 0 fully saturated rings. The molecule has 2 nitrogen and oxygen atoms in total. The first-order chi connectivity index (χ1) is 28.8. The molecule has 12 aromatic rings. The van der Waals surface area contributed by atoms with Gasteiger partial charge in [0.25, 0.3) is 0 Å². The molecule has 0 bridgehead atoms. The lowest BCUT2D eigenvalue weighted by molar-refractivity contribution is 1.15. The van der Waals surface area contributed by atoms with Crippen molar-refractivity contribution in [1.29, 1.82) is 0 Å². The number of benzene rings is 9. The first kappa shape index (κ1) is 33.3. The van der Waals surface area contributed by atoms with E-state index in [1.807, 2.05) is 11.3 Å². The van der Waals surface area contributed by atoms with Gasteiger partial charge in [0.05, 0.1) is 22.1 Å². The molecule has 0 radical (unpaired) electrons. The van der Waals surface area contributed by atoms with E-state index in [0.717, 1.165) is 11.4 Å². The number of para-hydroxylation sites is 3. The van der Waals surface area contributed by atoms with Gasteiger partial charge < -0.3 is 9.13 Å². The highest BCUT2D eigenvalue weighted by atomic mass is 32.3. The van der Waals surface area contributed by atoms with Gasteiger partial charge in [-0.25, -0.2) is 0 Å². The van der Waals surface area contributed by atoms with Crippen LogP contribution in [0.1, 0.15) is 0 Å². The Labute approximate surface area is 341 Å². The Kier molecular flexibility index (Phi) is 7.52. The fraction of sp³-hybridized carbons (Fsp3) is 0. The molecule has 58 heavy (non-hydrogen) atoms. The van der Waals surface area contributed by atoms with Crippen molar-refractivity contribution in [2.24, 2.45) is 0 Å². The minimum absolute atomic E-state index is 1.16. The van der Waals surface area contributed by atoms with Gasteiger partial charge in [-0.2, -0.15) is 0 Å². The lowest BCUT2D eigenvalue weighted by Crippen LogP contribution is -2.06. The van der Waals surface area contributed by atoms with Crippen molar-refractivity contribution in [1.82, 2.24) is 9.13 Å². The fourth-order valence-electron chi connectivity index (χ4n) is 9.34. The van der Waals surface area contributed by atoms with Gasteiger partial charge in [-0.3, -0.25) is 0 Å².